The van der Waals surface area contributed by atoms with Crippen molar-refractivity contribution in [2.75, 3.05) is 11.9 Å². The fraction of sp³-hybridized carbons (Fsp3) is 0.125. The molecule has 24 heavy (non-hydrogen) atoms. The molecule has 0 spiro atoms. The van der Waals surface area contributed by atoms with Crippen molar-refractivity contribution in [3.05, 3.63) is 69.5 Å². The maximum Gasteiger partial charge on any atom is 0.338 e. The Labute approximate surface area is 136 Å². The van der Waals surface area contributed by atoms with Gasteiger partial charge in [0, 0.05) is 23.4 Å². The first-order valence-electron chi connectivity index (χ1n) is 6.94. The Kier molecular flexibility index (Phi) is 5.20. The molecule has 0 fully saturated rings. The van der Waals surface area contributed by atoms with Gasteiger partial charge in [0.05, 0.1) is 17.1 Å². The summed E-state index contributed by atoms with van der Waals surface area (Å²) in [5, 5.41) is 13.5. The number of nitrogens with one attached hydrogen (secondary N) is 1. The number of esters is 1. The predicted octanol–water partition coefficient (Wildman–Crippen LogP) is 3.16. The molecular formula is C16H13FN2O5. The quantitative estimate of drug-likeness (QED) is 0.515. The second-order valence-corrected chi connectivity index (χ2v) is 4.71. The minimum absolute atomic E-state index is 0.0865. The zero-order chi connectivity index (χ0) is 17.7. The van der Waals surface area contributed by atoms with Crippen molar-refractivity contribution in [2.24, 2.45) is 0 Å². The highest BCUT2D eigenvalue weighted by molar-refractivity contribution is 6.06. The van der Waals surface area contributed by atoms with Crippen LogP contribution in [0.3, 0.4) is 0 Å². The van der Waals surface area contributed by atoms with Gasteiger partial charge < -0.3 is 10.1 Å². The lowest BCUT2D eigenvalue weighted by molar-refractivity contribution is -0.384. The van der Waals surface area contributed by atoms with Gasteiger partial charge in [-0.2, -0.15) is 0 Å². The lowest BCUT2D eigenvalue weighted by Gasteiger charge is -2.07. The van der Waals surface area contributed by atoms with Gasteiger partial charge in [-0.1, -0.05) is 0 Å². The summed E-state index contributed by atoms with van der Waals surface area (Å²) in [5.41, 5.74) is -0.290. The minimum atomic E-state index is -0.767. The molecule has 2 aromatic carbocycles. The van der Waals surface area contributed by atoms with E-state index in [1.165, 1.54) is 18.2 Å². The number of hydrogen-bond donors (Lipinski definition) is 1. The average Bonchev–Trinajstić information content (AvgIpc) is 2.56. The van der Waals surface area contributed by atoms with Crippen molar-refractivity contribution < 1.29 is 23.6 Å². The van der Waals surface area contributed by atoms with E-state index in [1.54, 1.807) is 6.92 Å². The summed E-state index contributed by atoms with van der Waals surface area (Å²) < 4.78 is 17.7. The van der Waals surface area contributed by atoms with E-state index in [0.29, 0.717) is 5.69 Å². The van der Waals surface area contributed by atoms with Crippen LogP contribution in [0.15, 0.2) is 42.5 Å². The lowest BCUT2D eigenvalue weighted by Crippen LogP contribution is -2.14. The molecule has 124 valence electrons. The maximum atomic E-state index is 12.9. The van der Waals surface area contributed by atoms with Crippen LogP contribution < -0.4 is 5.32 Å². The van der Waals surface area contributed by atoms with Gasteiger partial charge in [-0.15, -0.1) is 0 Å². The molecule has 2 rings (SSSR count). The van der Waals surface area contributed by atoms with Crippen molar-refractivity contribution in [2.45, 2.75) is 6.92 Å². The van der Waals surface area contributed by atoms with Gasteiger partial charge in [0.15, 0.2) is 0 Å². The summed E-state index contributed by atoms with van der Waals surface area (Å²) in [7, 11) is 0. The van der Waals surface area contributed by atoms with Crippen LogP contribution in [-0.4, -0.2) is 23.4 Å². The molecule has 0 aliphatic heterocycles. The molecule has 0 aliphatic rings. The molecule has 7 nitrogen and oxygen atoms in total. The molecule has 0 heterocycles. The van der Waals surface area contributed by atoms with E-state index in [4.69, 9.17) is 4.74 Å². The lowest BCUT2D eigenvalue weighted by atomic mass is 10.1. The SMILES string of the molecule is CCOC(=O)c1cc(C(=O)Nc2ccc(F)cc2)cc([N+](=O)[O-])c1. The molecule has 0 aliphatic carbocycles. The Morgan fingerprint density at radius 2 is 1.79 bits per heavy atom. The highest BCUT2D eigenvalue weighted by atomic mass is 19.1. The van der Waals surface area contributed by atoms with Gasteiger partial charge in [0.25, 0.3) is 11.6 Å². The van der Waals surface area contributed by atoms with Crippen molar-refractivity contribution in [3.63, 3.8) is 0 Å². The fourth-order valence-electron chi connectivity index (χ4n) is 1.92. The summed E-state index contributed by atoms with van der Waals surface area (Å²) >= 11 is 0. The number of halogens is 1. The van der Waals surface area contributed by atoms with Crippen molar-refractivity contribution in [1.29, 1.82) is 0 Å². The maximum absolute atomic E-state index is 12.9. The number of nitro groups is 1. The van der Waals surface area contributed by atoms with E-state index in [2.05, 4.69) is 5.32 Å². The van der Waals surface area contributed by atoms with Crippen molar-refractivity contribution in [3.8, 4) is 0 Å². The number of carbonyl (C=O) groups is 2. The molecule has 0 bridgehead atoms. The van der Waals surface area contributed by atoms with Gasteiger partial charge in [-0.05, 0) is 37.3 Å². The Bertz CT molecular complexity index is 790. The number of amides is 1. The molecule has 2 aromatic rings. The minimum Gasteiger partial charge on any atom is -0.462 e. The van der Waals surface area contributed by atoms with Crippen LogP contribution >= 0.6 is 0 Å². The molecule has 0 radical (unpaired) electrons. The summed E-state index contributed by atoms with van der Waals surface area (Å²) in [4.78, 5) is 34.3. The first kappa shape index (κ1) is 17.1. The summed E-state index contributed by atoms with van der Waals surface area (Å²) in [5.74, 6) is -1.90. The van der Waals surface area contributed by atoms with Crippen LogP contribution in [0.5, 0.6) is 0 Å². The van der Waals surface area contributed by atoms with Gasteiger partial charge >= 0.3 is 5.97 Å². The van der Waals surface area contributed by atoms with E-state index >= 15 is 0 Å². The molecule has 0 unspecified atom stereocenters. The van der Waals surface area contributed by atoms with E-state index in [0.717, 1.165) is 24.3 Å². The van der Waals surface area contributed by atoms with E-state index < -0.39 is 28.3 Å². The highest BCUT2D eigenvalue weighted by Crippen LogP contribution is 2.19. The van der Waals surface area contributed by atoms with E-state index in [-0.39, 0.29) is 17.7 Å². The molecule has 0 saturated carbocycles. The molecule has 0 aromatic heterocycles. The average molecular weight is 332 g/mol. The Hall–Kier alpha value is -3.29. The van der Waals surface area contributed by atoms with E-state index in [9.17, 15) is 24.1 Å². The molecule has 1 amide bonds. The Balaban J connectivity index is 2.33. The number of ether oxygens (including phenoxy) is 1. The number of rotatable bonds is 5. The van der Waals surface area contributed by atoms with Gasteiger partial charge in [-0.3, -0.25) is 14.9 Å². The number of anilines is 1. The Morgan fingerprint density at radius 1 is 1.17 bits per heavy atom. The second kappa shape index (κ2) is 7.32. The number of nitro benzene ring substituents is 1. The standard InChI is InChI=1S/C16H13FN2O5/c1-2-24-16(21)11-7-10(8-14(9-11)19(22)23)15(20)18-13-5-3-12(17)4-6-13/h3-9H,2H2,1H3,(H,18,20). The number of hydrogen-bond acceptors (Lipinski definition) is 5. The molecule has 0 atom stereocenters. The second-order valence-electron chi connectivity index (χ2n) is 4.71. The van der Waals surface area contributed by atoms with Crippen molar-refractivity contribution >= 4 is 23.3 Å². The highest BCUT2D eigenvalue weighted by Gasteiger charge is 2.18. The molecule has 1 N–H and O–H groups in total. The monoisotopic (exact) mass is 332 g/mol. The van der Waals surface area contributed by atoms with Crippen LogP contribution in [0.4, 0.5) is 15.8 Å². The van der Waals surface area contributed by atoms with Crippen molar-refractivity contribution in [1.82, 2.24) is 0 Å². The largest absolute Gasteiger partial charge is 0.462 e. The fourth-order valence-corrected chi connectivity index (χ4v) is 1.92. The first-order chi connectivity index (χ1) is 11.4. The molecule has 8 heteroatoms. The number of nitrogens with zero attached hydrogens (tertiary/aromatic N) is 1. The summed E-state index contributed by atoms with van der Waals surface area (Å²) in [6.07, 6.45) is 0. The van der Waals surface area contributed by atoms with Crippen LogP contribution in [0, 0.1) is 15.9 Å². The van der Waals surface area contributed by atoms with Crippen LogP contribution in [-0.2, 0) is 4.74 Å². The third-order valence-electron chi connectivity index (χ3n) is 3.00. The predicted molar refractivity (Wildman–Crippen MR) is 83.4 cm³/mol. The molecule has 0 saturated heterocycles. The van der Waals surface area contributed by atoms with E-state index in [1.807, 2.05) is 0 Å². The number of benzene rings is 2. The topological polar surface area (TPSA) is 98.5 Å². The third-order valence-corrected chi connectivity index (χ3v) is 3.00. The van der Waals surface area contributed by atoms with Crippen LogP contribution in [0.1, 0.15) is 27.6 Å². The summed E-state index contributed by atoms with van der Waals surface area (Å²) in [6, 6.07) is 8.28. The van der Waals surface area contributed by atoms with Gasteiger partial charge in [0.1, 0.15) is 5.82 Å². The zero-order valence-corrected chi connectivity index (χ0v) is 12.6. The van der Waals surface area contributed by atoms with Gasteiger partial charge in [0.2, 0.25) is 0 Å². The summed E-state index contributed by atoms with van der Waals surface area (Å²) in [6.45, 7) is 1.69. The third kappa shape index (κ3) is 4.13. The number of carbonyl (C=O) groups excluding carboxylic acids is 2. The smallest absolute Gasteiger partial charge is 0.338 e. The van der Waals surface area contributed by atoms with Gasteiger partial charge in [-0.25, -0.2) is 9.18 Å². The zero-order valence-electron chi connectivity index (χ0n) is 12.6. The van der Waals surface area contributed by atoms with Crippen LogP contribution in [0.25, 0.3) is 0 Å². The van der Waals surface area contributed by atoms with Crippen LogP contribution in [0.2, 0.25) is 0 Å². The molecular weight excluding hydrogens is 319 g/mol. The first-order valence-corrected chi connectivity index (χ1v) is 6.94. The number of non-ortho nitro benzene ring substituents is 1. The Morgan fingerprint density at radius 3 is 2.38 bits per heavy atom. The normalized spacial score (nSPS) is 10.1.